The summed E-state index contributed by atoms with van der Waals surface area (Å²) in [5.74, 6) is 0. The van der Waals surface area contributed by atoms with Crippen molar-refractivity contribution in [3.63, 3.8) is 0 Å². The maximum atomic E-state index is 8.89. The molecule has 4 heteroatoms. The molecule has 0 aromatic carbocycles. The molecular weight excluding hydrogens is 119 g/mol. The van der Waals surface area contributed by atoms with Gasteiger partial charge in [0.1, 0.15) is 0 Å². The predicted octanol–water partition coefficient (Wildman–Crippen LogP) is 0.408. The van der Waals surface area contributed by atoms with Crippen LogP contribution >= 0.6 is 10.6 Å². The normalized spacial score (nSPS) is 6.00. The van der Waals surface area contributed by atoms with E-state index in [9.17, 15) is 0 Å². The summed E-state index contributed by atoms with van der Waals surface area (Å²) < 4.78 is 17.8. The molecule has 0 amide bonds. The van der Waals surface area contributed by atoms with Crippen molar-refractivity contribution >= 4 is 10.6 Å². The molecule has 2 nitrogen and oxygen atoms in total. The third-order valence-corrected chi connectivity index (χ3v) is 0. The molecule has 0 rings (SSSR count). The molecule has 0 unspecified atom stereocenters. The molecule has 0 aliphatic heterocycles. The van der Waals surface area contributed by atoms with Crippen LogP contribution in [0.15, 0.2) is 0 Å². The van der Waals surface area contributed by atoms with E-state index in [1.807, 2.05) is 0 Å². The molecule has 0 saturated heterocycles. The van der Waals surface area contributed by atoms with Crippen molar-refractivity contribution in [1.29, 1.82) is 0 Å². The zero-order valence-corrected chi connectivity index (χ0v) is 3.60. The molecule has 0 atom stereocenters. The fraction of sp³-hybridized carbons (Fsp3) is 0. The van der Waals surface area contributed by atoms with Gasteiger partial charge in [-0.15, -0.1) is 0 Å². The van der Waals surface area contributed by atoms with E-state index < -0.39 is 12.1 Å². The molecule has 0 heterocycles. The first-order valence-electron chi connectivity index (χ1n) is 0.463. The fourth-order valence-electron chi connectivity index (χ4n) is 0. The Bertz CT molecular complexity index is 75.4. The predicted molar refractivity (Wildman–Crippen MR) is 8.96 cm³/mol. The van der Waals surface area contributed by atoms with Crippen LogP contribution in [0.4, 0.5) is 0 Å². The first-order valence-corrected chi connectivity index (χ1v) is 3.18. The van der Waals surface area contributed by atoms with Crippen LogP contribution in [0.5, 0.6) is 0 Å². The monoisotopic (exact) mass is 119 g/mol. The zero-order valence-electron chi connectivity index (χ0n) is 1.60. The minimum absolute atomic E-state index is 2.81. The van der Waals surface area contributed by atoms with Crippen molar-refractivity contribution in [1.82, 2.24) is 0 Å². The van der Waals surface area contributed by atoms with Crippen molar-refractivity contribution in [3.8, 4) is 0 Å². The van der Waals surface area contributed by atoms with Crippen molar-refractivity contribution in [2.75, 3.05) is 0 Å². The second-order valence-corrected chi connectivity index (χ2v) is 1.82. The number of rotatable bonds is 0. The molecule has 0 aliphatic rings. The Morgan fingerprint density at radius 1 is 1.50 bits per heavy atom. The van der Waals surface area contributed by atoms with Gasteiger partial charge < -0.3 is 0 Å². The van der Waals surface area contributed by atoms with Crippen molar-refractivity contribution < 1.29 is 19.8 Å². The summed E-state index contributed by atoms with van der Waals surface area (Å²) in [6, 6.07) is 0. The molecule has 0 radical (unpaired) electrons. The second-order valence-electron chi connectivity index (χ2n) is 0.189. The van der Waals surface area contributed by atoms with E-state index in [0.717, 1.165) is 0 Å². The van der Waals surface area contributed by atoms with Crippen LogP contribution in [-0.2, 0) is 19.8 Å². The summed E-state index contributed by atoms with van der Waals surface area (Å²) in [4.78, 5) is 0. The Hall–Kier alpha value is 0.339. The number of hydrogen-bond donors (Lipinski definition) is 0. The Morgan fingerprint density at radius 3 is 1.50 bits per heavy atom. The third kappa shape index (κ3) is 36.4. The molecule has 4 heavy (non-hydrogen) atoms. The maximum absolute atomic E-state index is 8.89. The van der Waals surface area contributed by atoms with Crippen LogP contribution in [0.25, 0.3) is 0 Å². The Labute approximate surface area is 31.0 Å². The third-order valence-electron chi connectivity index (χ3n) is 0. The van der Waals surface area contributed by atoms with Gasteiger partial charge in [0.15, 0.2) is 0 Å². The van der Waals surface area contributed by atoms with E-state index >= 15 is 0 Å². The van der Waals surface area contributed by atoms with Crippen LogP contribution in [0, 0.1) is 0 Å². The summed E-state index contributed by atoms with van der Waals surface area (Å²) in [6.07, 6.45) is 0. The SMILES string of the molecule is [O]=[Mn](=[O])=[S]. The van der Waals surface area contributed by atoms with Gasteiger partial charge in [-0.25, -0.2) is 0 Å². The summed E-state index contributed by atoms with van der Waals surface area (Å²) in [5.41, 5.74) is 0. The molecule has 0 fully saturated rings. The quantitative estimate of drug-likeness (QED) is 0.433. The van der Waals surface area contributed by atoms with Gasteiger partial charge in [0.2, 0.25) is 0 Å². The standard InChI is InChI=1S/Mn.2O.S. The Kier molecular flexibility index (Phi) is 1.78. The van der Waals surface area contributed by atoms with Gasteiger partial charge in [0, 0.05) is 0 Å². The van der Waals surface area contributed by atoms with E-state index in [2.05, 4.69) is 10.6 Å². The van der Waals surface area contributed by atoms with Crippen molar-refractivity contribution in [2.24, 2.45) is 0 Å². The van der Waals surface area contributed by atoms with Crippen LogP contribution in [-0.4, -0.2) is 0 Å². The van der Waals surface area contributed by atoms with Crippen molar-refractivity contribution in [3.05, 3.63) is 0 Å². The van der Waals surface area contributed by atoms with Crippen LogP contribution in [0.3, 0.4) is 0 Å². The van der Waals surface area contributed by atoms with Gasteiger partial charge in [-0.2, -0.15) is 0 Å². The molecule has 0 aromatic rings. The minimum atomic E-state index is -2.81. The number of hydrogen-bond acceptors (Lipinski definition) is 3. The topological polar surface area (TPSA) is 34.1 Å². The molecule has 0 bridgehead atoms. The molecule has 0 N–H and O–H groups in total. The molecule has 0 spiro atoms. The summed E-state index contributed by atoms with van der Waals surface area (Å²) in [6.45, 7) is 0. The summed E-state index contributed by atoms with van der Waals surface area (Å²) in [5, 5.41) is 0. The Morgan fingerprint density at radius 2 is 1.50 bits per heavy atom. The fourth-order valence-corrected chi connectivity index (χ4v) is 0. The van der Waals surface area contributed by atoms with E-state index in [4.69, 9.17) is 7.67 Å². The van der Waals surface area contributed by atoms with Crippen LogP contribution in [0.2, 0.25) is 0 Å². The summed E-state index contributed by atoms with van der Waals surface area (Å²) in [7, 11) is 3.61. The van der Waals surface area contributed by atoms with Gasteiger partial charge in [-0.1, -0.05) is 0 Å². The van der Waals surface area contributed by atoms with Crippen LogP contribution in [0.1, 0.15) is 0 Å². The molecular formula is MnO2S. The van der Waals surface area contributed by atoms with Crippen LogP contribution < -0.4 is 0 Å². The average Bonchev–Trinajstić information content (AvgIpc) is 0.811. The van der Waals surface area contributed by atoms with E-state index in [1.165, 1.54) is 0 Å². The van der Waals surface area contributed by atoms with Gasteiger partial charge in [-0.3, -0.25) is 0 Å². The molecule has 0 aliphatic carbocycles. The van der Waals surface area contributed by atoms with E-state index in [1.54, 1.807) is 0 Å². The van der Waals surface area contributed by atoms with E-state index in [-0.39, 0.29) is 0 Å². The average molecular weight is 119 g/mol. The first-order chi connectivity index (χ1) is 1.73. The van der Waals surface area contributed by atoms with Gasteiger partial charge in [0.25, 0.3) is 0 Å². The zero-order chi connectivity index (χ0) is 3.58. The molecule has 25 valence electrons. The van der Waals surface area contributed by atoms with Gasteiger partial charge in [0.05, 0.1) is 0 Å². The second kappa shape index (κ2) is 1.64. The van der Waals surface area contributed by atoms with Gasteiger partial charge in [-0.05, 0) is 0 Å². The Balaban J connectivity index is 4.65. The van der Waals surface area contributed by atoms with Crippen molar-refractivity contribution in [2.45, 2.75) is 0 Å². The molecule has 0 saturated carbocycles. The first kappa shape index (κ1) is 4.34. The van der Waals surface area contributed by atoms with Gasteiger partial charge >= 0.3 is 30.4 Å². The molecule has 0 aromatic heterocycles. The summed E-state index contributed by atoms with van der Waals surface area (Å²) >= 11 is -2.81. The van der Waals surface area contributed by atoms with E-state index in [0.29, 0.717) is 0 Å².